The number of aromatic carboxylic acids is 1. The fourth-order valence-electron chi connectivity index (χ4n) is 2.04. The van der Waals surface area contributed by atoms with Gasteiger partial charge in [0.25, 0.3) is 0 Å². The molecule has 1 rings (SSSR count). The van der Waals surface area contributed by atoms with E-state index >= 15 is 0 Å². The van der Waals surface area contributed by atoms with Crippen LogP contribution < -0.4 is 4.90 Å². The number of hydrogen-bond donors (Lipinski definition) is 1. The van der Waals surface area contributed by atoms with Crippen LogP contribution in [-0.2, 0) is 4.79 Å². The number of anilines is 1. The first-order valence-electron chi connectivity index (χ1n) is 6.59. The molecule has 1 amide bonds. The number of carboxylic acid groups (broad SMARTS) is 1. The SMILES string of the molecule is CCN(CC)C(=O)CN(C)c1ncc(C(=O)O)cc1C. The number of aromatic nitrogens is 1. The van der Waals surface area contributed by atoms with Gasteiger partial charge in [-0.25, -0.2) is 9.78 Å². The molecule has 1 aromatic heterocycles. The number of carboxylic acids is 1. The van der Waals surface area contributed by atoms with Gasteiger partial charge in [0.05, 0.1) is 12.1 Å². The van der Waals surface area contributed by atoms with Gasteiger partial charge < -0.3 is 14.9 Å². The van der Waals surface area contributed by atoms with Crippen LogP contribution in [0.2, 0.25) is 0 Å². The number of likely N-dealkylation sites (N-methyl/N-ethyl adjacent to an activating group) is 2. The largest absolute Gasteiger partial charge is 0.478 e. The minimum Gasteiger partial charge on any atom is -0.478 e. The predicted molar refractivity (Wildman–Crippen MR) is 77.1 cm³/mol. The van der Waals surface area contributed by atoms with Gasteiger partial charge >= 0.3 is 5.97 Å². The van der Waals surface area contributed by atoms with Crippen LogP contribution in [-0.4, -0.2) is 53.5 Å². The van der Waals surface area contributed by atoms with Crippen LogP contribution in [0.4, 0.5) is 5.82 Å². The molecule has 0 bridgehead atoms. The molecule has 110 valence electrons. The van der Waals surface area contributed by atoms with E-state index < -0.39 is 5.97 Å². The van der Waals surface area contributed by atoms with E-state index in [1.165, 1.54) is 6.20 Å². The van der Waals surface area contributed by atoms with Crippen molar-refractivity contribution in [3.8, 4) is 0 Å². The fourth-order valence-corrected chi connectivity index (χ4v) is 2.04. The van der Waals surface area contributed by atoms with Crippen LogP contribution >= 0.6 is 0 Å². The first-order valence-corrected chi connectivity index (χ1v) is 6.59. The third-order valence-electron chi connectivity index (χ3n) is 3.15. The Bertz CT molecular complexity index is 498. The average Bonchev–Trinajstić information content (AvgIpc) is 2.39. The van der Waals surface area contributed by atoms with E-state index in [9.17, 15) is 9.59 Å². The molecule has 0 aliphatic carbocycles. The molecular formula is C14H21N3O3. The third kappa shape index (κ3) is 3.69. The molecule has 1 N–H and O–H groups in total. The molecule has 0 aliphatic heterocycles. The zero-order valence-corrected chi connectivity index (χ0v) is 12.4. The Hall–Kier alpha value is -2.11. The lowest BCUT2D eigenvalue weighted by Gasteiger charge is -2.24. The number of hydrogen-bond acceptors (Lipinski definition) is 4. The number of rotatable bonds is 6. The lowest BCUT2D eigenvalue weighted by atomic mass is 10.2. The summed E-state index contributed by atoms with van der Waals surface area (Å²) in [5, 5.41) is 8.91. The van der Waals surface area contributed by atoms with Crippen molar-refractivity contribution in [3.63, 3.8) is 0 Å². The Morgan fingerprint density at radius 2 is 1.90 bits per heavy atom. The normalized spacial score (nSPS) is 10.2. The van der Waals surface area contributed by atoms with Gasteiger partial charge in [-0.1, -0.05) is 0 Å². The van der Waals surface area contributed by atoms with E-state index in [0.717, 1.165) is 5.56 Å². The highest BCUT2D eigenvalue weighted by molar-refractivity contribution is 5.88. The van der Waals surface area contributed by atoms with Gasteiger partial charge in [-0.2, -0.15) is 0 Å². The van der Waals surface area contributed by atoms with E-state index in [4.69, 9.17) is 5.11 Å². The molecule has 0 unspecified atom stereocenters. The molecule has 0 spiro atoms. The second-order valence-electron chi connectivity index (χ2n) is 4.59. The number of amides is 1. The zero-order chi connectivity index (χ0) is 15.3. The van der Waals surface area contributed by atoms with Crippen LogP contribution in [0.15, 0.2) is 12.3 Å². The predicted octanol–water partition coefficient (Wildman–Crippen LogP) is 1.39. The maximum absolute atomic E-state index is 12.0. The molecule has 20 heavy (non-hydrogen) atoms. The summed E-state index contributed by atoms with van der Waals surface area (Å²) in [6, 6.07) is 1.56. The monoisotopic (exact) mass is 279 g/mol. The van der Waals surface area contributed by atoms with Crippen LogP contribution in [0.25, 0.3) is 0 Å². The molecule has 0 atom stereocenters. The van der Waals surface area contributed by atoms with E-state index in [1.54, 1.807) is 29.8 Å². The van der Waals surface area contributed by atoms with Gasteiger partial charge in [0.15, 0.2) is 0 Å². The van der Waals surface area contributed by atoms with Crippen molar-refractivity contribution in [2.45, 2.75) is 20.8 Å². The molecule has 1 aromatic rings. The smallest absolute Gasteiger partial charge is 0.337 e. The van der Waals surface area contributed by atoms with Crippen molar-refractivity contribution >= 4 is 17.7 Å². The van der Waals surface area contributed by atoms with Crippen molar-refractivity contribution in [3.05, 3.63) is 23.4 Å². The highest BCUT2D eigenvalue weighted by atomic mass is 16.4. The summed E-state index contributed by atoms with van der Waals surface area (Å²) < 4.78 is 0. The minimum atomic E-state index is -1.01. The Morgan fingerprint density at radius 1 is 1.30 bits per heavy atom. The molecule has 6 nitrogen and oxygen atoms in total. The average molecular weight is 279 g/mol. The van der Waals surface area contributed by atoms with Crippen LogP contribution in [0.1, 0.15) is 29.8 Å². The minimum absolute atomic E-state index is 0.0287. The second-order valence-corrected chi connectivity index (χ2v) is 4.59. The molecule has 0 aliphatic rings. The summed E-state index contributed by atoms with van der Waals surface area (Å²) in [6.07, 6.45) is 1.31. The van der Waals surface area contributed by atoms with E-state index in [-0.39, 0.29) is 18.0 Å². The van der Waals surface area contributed by atoms with Crippen LogP contribution in [0.3, 0.4) is 0 Å². The summed E-state index contributed by atoms with van der Waals surface area (Å²) >= 11 is 0. The molecule has 0 saturated heterocycles. The van der Waals surface area contributed by atoms with Crippen molar-refractivity contribution < 1.29 is 14.7 Å². The Kier molecular flexibility index (Phi) is 5.49. The first-order chi connectivity index (χ1) is 9.40. The van der Waals surface area contributed by atoms with Gasteiger partial charge in [-0.05, 0) is 32.4 Å². The Morgan fingerprint density at radius 3 is 2.35 bits per heavy atom. The summed E-state index contributed by atoms with van der Waals surface area (Å²) in [5.74, 6) is -0.356. The standard InChI is InChI=1S/C14H21N3O3/c1-5-17(6-2)12(18)9-16(4)13-10(3)7-11(8-15-13)14(19)20/h7-8H,5-6,9H2,1-4H3,(H,19,20). The van der Waals surface area contributed by atoms with Gasteiger partial charge in [-0.3, -0.25) is 4.79 Å². The number of pyridine rings is 1. The Balaban J connectivity index is 2.85. The van der Waals surface area contributed by atoms with E-state index in [0.29, 0.717) is 18.9 Å². The van der Waals surface area contributed by atoms with Crippen LogP contribution in [0.5, 0.6) is 0 Å². The molecule has 0 fully saturated rings. The summed E-state index contributed by atoms with van der Waals surface area (Å²) in [5.41, 5.74) is 0.884. The van der Waals surface area contributed by atoms with Gasteiger partial charge in [0.2, 0.25) is 5.91 Å². The quantitative estimate of drug-likeness (QED) is 0.852. The summed E-state index contributed by atoms with van der Waals surface area (Å²) in [7, 11) is 1.77. The van der Waals surface area contributed by atoms with Crippen molar-refractivity contribution in [2.75, 3.05) is 31.6 Å². The molecule has 0 radical (unpaired) electrons. The summed E-state index contributed by atoms with van der Waals surface area (Å²) in [4.78, 5) is 30.5. The lowest BCUT2D eigenvalue weighted by Crippen LogP contribution is -2.39. The lowest BCUT2D eigenvalue weighted by molar-refractivity contribution is -0.129. The molecule has 1 heterocycles. The topological polar surface area (TPSA) is 73.7 Å². The maximum atomic E-state index is 12.0. The number of aryl methyl sites for hydroxylation is 1. The molecular weight excluding hydrogens is 258 g/mol. The first kappa shape index (κ1) is 15.9. The second kappa shape index (κ2) is 6.88. The molecule has 0 aromatic carbocycles. The maximum Gasteiger partial charge on any atom is 0.337 e. The summed E-state index contributed by atoms with van der Waals surface area (Å²) in [6.45, 7) is 7.23. The van der Waals surface area contributed by atoms with Gasteiger partial charge in [0.1, 0.15) is 5.82 Å². The number of carbonyl (C=O) groups excluding carboxylic acids is 1. The van der Waals surface area contributed by atoms with Gasteiger partial charge in [0, 0.05) is 26.3 Å². The van der Waals surface area contributed by atoms with E-state index in [2.05, 4.69) is 4.98 Å². The fraction of sp³-hybridized carbons (Fsp3) is 0.500. The zero-order valence-electron chi connectivity index (χ0n) is 12.4. The molecule has 6 heteroatoms. The van der Waals surface area contributed by atoms with Gasteiger partial charge in [-0.15, -0.1) is 0 Å². The Labute approximate surface area is 119 Å². The van der Waals surface area contributed by atoms with Crippen molar-refractivity contribution in [1.82, 2.24) is 9.88 Å². The van der Waals surface area contributed by atoms with E-state index in [1.807, 2.05) is 13.8 Å². The third-order valence-corrected chi connectivity index (χ3v) is 3.15. The molecule has 0 saturated carbocycles. The van der Waals surface area contributed by atoms with Crippen molar-refractivity contribution in [2.24, 2.45) is 0 Å². The number of carbonyl (C=O) groups is 2. The van der Waals surface area contributed by atoms with Crippen molar-refractivity contribution in [1.29, 1.82) is 0 Å². The number of nitrogens with zero attached hydrogens (tertiary/aromatic N) is 3. The van der Waals surface area contributed by atoms with Crippen LogP contribution in [0, 0.1) is 6.92 Å². The highest BCUT2D eigenvalue weighted by Gasteiger charge is 2.16. The highest BCUT2D eigenvalue weighted by Crippen LogP contribution is 2.16.